The van der Waals surface area contributed by atoms with E-state index in [0.717, 1.165) is 11.1 Å². The van der Waals surface area contributed by atoms with Gasteiger partial charge >= 0.3 is 5.97 Å². The van der Waals surface area contributed by atoms with Gasteiger partial charge in [-0.1, -0.05) is 13.0 Å². The van der Waals surface area contributed by atoms with Gasteiger partial charge in [0.05, 0.1) is 5.56 Å². The molecule has 1 heterocycles. The molecule has 0 saturated carbocycles. The van der Waals surface area contributed by atoms with E-state index in [9.17, 15) is 13.2 Å². The Bertz CT molecular complexity index is 583. The molecule has 0 bridgehead atoms. The molecular weight excluding hydrogens is 256 g/mol. The highest BCUT2D eigenvalue weighted by molar-refractivity contribution is 7.87. The van der Waals surface area contributed by atoms with E-state index >= 15 is 0 Å². The van der Waals surface area contributed by atoms with Crippen molar-refractivity contribution in [1.82, 2.24) is 9.03 Å². The molecule has 98 valence electrons. The molecule has 0 unspecified atom stereocenters. The number of fused-ring (bicyclic) bond motifs is 1. The van der Waals surface area contributed by atoms with E-state index < -0.39 is 16.2 Å². The first kappa shape index (κ1) is 13.0. The van der Waals surface area contributed by atoms with Crippen LogP contribution in [0.1, 0.15) is 28.4 Å². The molecule has 0 fully saturated rings. The van der Waals surface area contributed by atoms with E-state index in [-0.39, 0.29) is 18.7 Å². The number of hydrogen-bond acceptors (Lipinski definition) is 3. The van der Waals surface area contributed by atoms with Gasteiger partial charge in [-0.2, -0.15) is 12.7 Å². The van der Waals surface area contributed by atoms with Crippen LogP contribution in [-0.4, -0.2) is 30.3 Å². The van der Waals surface area contributed by atoms with Gasteiger partial charge in [0.15, 0.2) is 0 Å². The van der Waals surface area contributed by atoms with Crippen LogP contribution in [0.2, 0.25) is 0 Å². The summed E-state index contributed by atoms with van der Waals surface area (Å²) in [6.07, 6.45) is 0. The smallest absolute Gasteiger partial charge is 0.335 e. The van der Waals surface area contributed by atoms with Gasteiger partial charge in [-0.3, -0.25) is 0 Å². The molecule has 0 aromatic heterocycles. The molecule has 1 aromatic rings. The molecule has 0 atom stereocenters. The molecule has 7 heteroatoms. The lowest BCUT2D eigenvalue weighted by molar-refractivity contribution is 0.0696. The molecule has 18 heavy (non-hydrogen) atoms. The molecule has 0 aliphatic carbocycles. The topological polar surface area (TPSA) is 86.7 Å². The maximum atomic E-state index is 11.8. The number of rotatable bonds is 4. The normalized spacial score (nSPS) is 15.6. The molecule has 1 aliphatic rings. The number of nitrogens with zero attached hydrogens (tertiary/aromatic N) is 1. The Hall–Kier alpha value is -1.44. The maximum absolute atomic E-state index is 11.8. The lowest BCUT2D eigenvalue weighted by Gasteiger charge is -2.15. The number of carboxylic acid groups (broad SMARTS) is 1. The minimum Gasteiger partial charge on any atom is -0.478 e. The Labute approximate surface area is 105 Å². The summed E-state index contributed by atoms with van der Waals surface area (Å²) in [7, 11) is -3.47. The Balaban J connectivity index is 2.25. The third kappa shape index (κ3) is 2.38. The van der Waals surface area contributed by atoms with Crippen molar-refractivity contribution >= 4 is 16.2 Å². The number of aromatic carboxylic acids is 1. The maximum Gasteiger partial charge on any atom is 0.335 e. The van der Waals surface area contributed by atoms with Crippen LogP contribution >= 0.6 is 0 Å². The summed E-state index contributed by atoms with van der Waals surface area (Å²) in [6, 6.07) is 4.68. The van der Waals surface area contributed by atoms with Crippen molar-refractivity contribution in [3.05, 3.63) is 34.9 Å². The van der Waals surface area contributed by atoms with Gasteiger partial charge in [-0.15, -0.1) is 0 Å². The number of hydrogen-bond donors (Lipinski definition) is 2. The van der Waals surface area contributed by atoms with Crippen LogP contribution in [0.15, 0.2) is 18.2 Å². The minimum atomic E-state index is -3.47. The molecular formula is C11H14N2O4S. The number of nitrogens with one attached hydrogen (secondary N) is 1. The molecule has 0 radical (unpaired) electrons. The van der Waals surface area contributed by atoms with Crippen LogP contribution in [0, 0.1) is 0 Å². The highest BCUT2D eigenvalue weighted by Gasteiger charge is 2.28. The van der Waals surface area contributed by atoms with Crippen LogP contribution < -0.4 is 4.72 Å². The zero-order valence-corrected chi connectivity index (χ0v) is 10.7. The summed E-state index contributed by atoms with van der Waals surface area (Å²) in [5.41, 5.74) is 1.77. The zero-order chi connectivity index (χ0) is 13.3. The Morgan fingerprint density at radius 3 is 2.67 bits per heavy atom. The Kier molecular flexibility index (Phi) is 3.38. The highest BCUT2D eigenvalue weighted by atomic mass is 32.2. The van der Waals surface area contributed by atoms with E-state index in [0.29, 0.717) is 6.54 Å². The van der Waals surface area contributed by atoms with Crippen molar-refractivity contribution in [2.45, 2.75) is 20.0 Å². The van der Waals surface area contributed by atoms with E-state index in [1.807, 2.05) is 0 Å². The second-order valence-electron chi connectivity index (χ2n) is 4.06. The van der Waals surface area contributed by atoms with Crippen molar-refractivity contribution in [2.75, 3.05) is 6.54 Å². The summed E-state index contributed by atoms with van der Waals surface area (Å²) in [4.78, 5) is 10.8. The largest absolute Gasteiger partial charge is 0.478 e. The Morgan fingerprint density at radius 1 is 1.39 bits per heavy atom. The van der Waals surface area contributed by atoms with Crippen molar-refractivity contribution in [3.63, 3.8) is 0 Å². The molecule has 1 aliphatic heterocycles. The van der Waals surface area contributed by atoms with E-state index in [4.69, 9.17) is 5.11 Å². The van der Waals surface area contributed by atoms with Crippen LogP contribution in [0.3, 0.4) is 0 Å². The summed E-state index contributed by atoms with van der Waals surface area (Å²) >= 11 is 0. The molecule has 2 N–H and O–H groups in total. The van der Waals surface area contributed by atoms with Gasteiger partial charge in [0.25, 0.3) is 10.2 Å². The monoisotopic (exact) mass is 270 g/mol. The molecule has 0 amide bonds. The van der Waals surface area contributed by atoms with E-state index in [1.54, 1.807) is 13.0 Å². The predicted molar refractivity (Wildman–Crippen MR) is 65.2 cm³/mol. The second-order valence-corrected chi connectivity index (χ2v) is 5.81. The second kappa shape index (κ2) is 4.68. The van der Waals surface area contributed by atoms with Gasteiger partial charge < -0.3 is 5.11 Å². The number of benzene rings is 1. The van der Waals surface area contributed by atoms with Crippen molar-refractivity contribution < 1.29 is 18.3 Å². The fourth-order valence-electron chi connectivity index (χ4n) is 1.94. The fraction of sp³-hybridized carbons (Fsp3) is 0.364. The van der Waals surface area contributed by atoms with Crippen molar-refractivity contribution in [1.29, 1.82) is 0 Å². The first-order valence-electron chi connectivity index (χ1n) is 5.54. The molecule has 1 aromatic carbocycles. The number of carbonyl (C=O) groups is 1. The van der Waals surface area contributed by atoms with Gasteiger partial charge in [0.2, 0.25) is 0 Å². The van der Waals surface area contributed by atoms with Crippen molar-refractivity contribution in [3.8, 4) is 0 Å². The number of carboxylic acids is 1. The van der Waals surface area contributed by atoms with Gasteiger partial charge in [0.1, 0.15) is 0 Å². The van der Waals surface area contributed by atoms with Crippen LogP contribution in [0.25, 0.3) is 0 Å². The Morgan fingerprint density at radius 2 is 2.06 bits per heavy atom. The highest BCUT2D eigenvalue weighted by Crippen LogP contribution is 2.25. The molecule has 2 rings (SSSR count). The zero-order valence-electron chi connectivity index (χ0n) is 9.88. The van der Waals surface area contributed by atoms with Crippen molar-refractivity contribution in [2.24, 2.45) is 0 Å². The van der Waals surface area contributed by atoms with E-state index in [1.165, 1.54) is 16.4 Å². The molecule has 6 nitrogen and oxygen atoms in total. The van der Waals surface area contributed by atoms with Crippen LogP contribution in [-0.2, 0) is 23.3 Å². The van der Waals surface area contributed by atoms with Crippen LogP contribution in [0.4, 0.5) is 0 Å². The van der Waals surface area contributed by atoms with Gasteiger partial charge in [-0.25, -0.2) is 9.52 Å². The fourth-order valence-corrected chi connectivity index (χ4v) is 3.11. The third-order valence-corrected chi connectivity index (χ3v) is 4.40. The quantitative estimate of drug-likeness (QED) is 0.836. The molecule has 0 spiro atoms. The minimum absolute atomic E-state index is 0.177. The average Bonchev–Trinajstić information content (AvgIpc) is 2.71. The van der Waals surface area contributed by atoms with Gasteiger partial charge in [-0.05, 0) is 23.3 Å². The SMILES string of the molecule is CCNS(=O)(=O)N1Cc2ccc(C(=O)O)cc2C1. The first-order valence-corrected chi connectivity index (χ1v) is 6.98. The standard InChI is InChI=1S/C11H14N2O4S/c1-2-12-18(16,17)13-6-9-4-3-8(11(14)15)5-10(9)7-13/h3-5,12H,2,6-7H2,1H3,(H,14,15). The predicted octanol–water partition coefficient (Wildman–Crippen LogP) is 0.555. The summed E-state index contributed by atoms with van der Waals surface area (Å²) < 4.78 is 27.4. The van der Waals surface area contributed by atoms with E-state index in [2.05, 4.69) is 4.72 Å². The first-order chi connectivity index (χ1) is 8.44. The summed E-state index contributed by atoms with van der Waals surface area (Å²) in [6.45, 7) is 2.54. The summed E-state index contributed by atoms with van der Waals surface area (Å²) in [5.74, 6) is -1.01. The lowest BCUT2D eigenvalue weighted by Crippen LogP contribution is -2.37. The lowest BCUT2D eigenvalue weighted by atomic mass is 10.1. The summed E-state index contributed by atoms with van der Waals surface area (Å²) in [5, 5.41) is 8.88. The van der Waals surface area contributed by atoms with Gasteiger partial charge in [0, 0.05) is 19.6 Å². The average molecular weight is 270 g/mol. The van der Waals surface area contributed by atoms with Crippen LogP contribution in [0.5, 0.6) is 0 Å². The third-order valence-electron chi connectivity index (χ3n) is 2.81. The molecule has 0 saturated heterocycles.